The largest absolute Gasteiger partial charge is 0.507 e. The topological polar surface area (TPSA) is 46.5 Å². The van der Waals surface area contributed by atoms with Gasteiger partial charge < -0.3 is 9.84 Å². The summed E-state index contributed by atoms with van der Waals surface area (Å²) in [5, 5.41) is 9.16. The van der Waals surface area contributed by atoms with E-state index < -0.39 is 11.8 Å². The quantitative estimate of drug-likeness (QED) is 0.592. The maximum atomic E-state index is 12.6. The van der Waals surface area contributed by atoms with Crippen LogP contribution in [0.1, 0.15) is 15.9 Å². The third-order valence-electron chi connectivity index (χ3n) is 1.76. The van der Waals surface area contributed by atoms with Gasteiger partial charge in [-0.05, 0) is 6.07 Å². The molecule has 1 aliphatic rings. The van der Waals surface area contributed by atoms with Crippen LogP contribution in [0.25, 0.3) is 0 Å². The standard InChI is InChI=1S/C8H5FO3/c9-4-1-5-6(7(10)2-4)3-12-8(5)11/h1-2,10H,3H2. The van der Waals surface area contributed by atoms with E-state index in [1.165, 1.54) is 0 Å². The molecule has 0 spiro atoms. The molecule has 1 aromatic rings. The number of hydrogen-bond acceptors (Lipinski definition) is 3. The highest BCUT2D eigenvalue weighted by Gasteiger charge is 2.24. The van der Waals surface area contributed by atoms with Crippen molar-refractivity contribution in [2.75, 3.05) is 0 Å². The first-order valence-electron chi connectivity index (χ1n) is 3.37. The minimum absolute atomic E-state index is 0.0281. The van der Waals surface area contributed by atoms with E-state index in [2.05, 4.69) is 4.74 Å². The lowest BCUT2D eigenvalue weighted by Crippen LogP contribution is -1.94. The van der Waals surface area contributed by atoms with Crippen LogP contribution in [-0.2, 0) is 11.3 Å². The molecule has 4 heteroatoms. The van der Waals surface area contributed by atoms with Crippen molar-refractivity contribution in [1.29, 1.82) is 0 Å². The fourth-order valence-electron chi connectivity index (χ4n) is 1.17. The fraction of sp³-hybridized carbons (Fsp3) is 0.125. The molecule has 3 nitrogen and oxygen atoms in total. The number of halogens is 1. The lowest BCUT2D eigenvalue weighted by molar-refractivity contribution is 0.0534. The molecule has 2 rings (SSSR count). The summed E-state index contributed by atoms with van der Waals surface area (Å²) < 4.78 is 17.2. The highest BCUT2D eigenvalue weighted by Crippen LogP contribution is 2.29. The van der Waals surface area contributed by atoms with Crippen LogP contribution in [0.3, 0.4) is 0 Å². The van der Waals surface area contributed by atoms with Crippen molar-refractivity contribution in [2.24, 2.45) is 0 Å². The molecule has 1 aromatic carbocycles. The molecule has 1 aliphatic heterocycles. The number of benzene rings is 1. The Hall–Kier alpha value is -1.58. The molecule has 0 aliphatic carbocycles. The fourth-order valence-corrected chi connectivity index (χ4v) is 1.17. The van der Waals surface area contributed by atoms with Crippen molar-refractivity contribution >= 4 is 5.97 Å². The number of ether oxygens (including phenoxy) is 1. The van der Waals surface area contributed by atoms with Crippen LogP contribution < -0.4 is 0 Å². The summed E-state index contributed by atoms with van der Waals surface area (Å²) in [5.41, 5.74) is 0.480. The second-order valence-corrected chi connectivity index (χ2v) is 2.53. The van der Waals surface area contributed by atoms with Gasteiger partial charge in [0.15, 0.2) is 0 Å². The molecule has 0 atom stereocenters. The van der Waals surface area contributed by atoms with Crippen molar-refractivity contribution in [3.63, 3.8) is 0 Å². The molecule has 12 heavy (non-hydrogen) atoms. The zero-order valence-corrected chi connectivity index (χ0v) is 6.00. The molecule has 1 heterocycles. The van der Waals surface area contributed by atoms with Crippen molar-refractivity contribution in [2.45, 2.75) is 6.61 Å². The Morgan fingerprint density at radius 3 is 3.00 bits per heavy atom. The molecule has 0 amide bonds. The third-order valence-corrected chi connectivity index (χ3v) is 1.76. The summed E-state index contributed by atoms with van der Waals surface area (Å²) in [6.45, 7) is 0.0281. The highest BCUT2D eigenvalue weighted by atomic mass is 19.1. The van der Waals surface area contributed by atoms with Crippen LogP contribution in [0.15, 0.2) is 12.1 Å². The van der Waals surface area contributed by atoms with Gasteiger partial charge in [0.1, 0.15) is 18.2 Å². The summed E-state index contributed by atoms with van der Waals surface area (Å²) in [4.78, 5) is 10.9. The second kappa shape index (κ2) is 2.20. The maximum absolute atomic E-state index is 12.6. The summed E-state index contributed by atoms with van der Waals surface area (Å²) in [6, 6.07) is 2.02. The zero-order chi connectivity index (χ0) is 8.72. The van der Waals surface area contributed by atoms with Gasteiger partial charge in [-0.25, -0.2) is 9.18 Å². The van der Waals surface area contributed by atoms with Crippen LogP contribution in [0.4, 0.5) is 4.39 Å². The van der Waals surface area contributed by atoms with E-state index in [9.17, 15) is 9.18 Å². The number of esters is 1. The van der Waals surface area contributed by atoms with Gasteiger partial charge in [0.05, 0.1) is 5.56 Å². The molecule has 0 fully saturated rings. The van der Waals surface area contributed by atoms with Gasteiger partial charge in [-0.3, -0.25) is 0 Å². The van der Waals surface area contributed by atoms with Crippen molar-refractivity contribution in [3.8, 4) is 5.75 Å². The maximum Gasteiger partial charge on any atom is 0.339 e. The SMILES string of the molecule is O=C1OCc2c(O)cc(F)cc21. The molecule has 0 radical (unpaired) electrons. The predicted octanol–water partition coefficient (Wildman–Crippen LogP) is 1.20. The first kappa shape index (κ1) is 7.09. The average Bonchev–Trinajstić information content (AvgIpc) is 2.33. The van der Waals surface area contributed by atoms with Gasteiger partial charge in [-0.2, -0.15) is 0 Å². The van der Waals surface area contributed by atoms with Crippen LogP contribution in [0.2, 0.25) is 0 Å². The van der Waals surface area contributed by atoms with Crippen LogP contribution in [0, 0.1) is 5.82 Å². The van der Waals surface area contributed by atoms with Crippen LogP contribution in [-0.4, -0.2) is 11.1 Å². The average molecular weight is 168 g/mol. The molecule has 0 saturated heterocycles. The number of fused-ring (bicyclic) bond motifs is 1. The number of carbonyl (C=O) groups excluding carboxylic acids is 1. The molecular weight excluding hydrogens is 163 g/mol. The molecule has 1 N–H and O–H groups in total. The normalized spacial score (nSPS) is 14.2. The minimum atomic E-state index is -0.634. The number of phenols is 1. The van der Waals surface area contributed by atoms with Crippen molar-refractivity contribution in [3.05, 3.63) is 29.1 Å². The van der Waals surface area contributed by atoms with E-state index in [-0.39, 0.29) is 17.9 Å². The number of rotatable bonds is 0. The van der Waals surface area contributed by atoms with E-state index in [1.54, 1.807) is 0 Å². The number of phenolic OH excluding ortho intramolecular Hbond substituents is 1. The summed E-state index contributed by atoms with van der Waals surface area (Å²) >= 11 is 0. The van der Waals surface area contributed by atoms with Crippen LogP contribution in [0.5, 0.6) is 5.75 Å². The van der Waals surface area contributed by atoms with Gasteiger partial charge in [-0.15, -0.1) is 0 Å². The lowest BCUT2D eigenvalue weighted by atomic mass is 10.1. The van der Waals surface area contributed by atoms with Gasteiger partial charge in [0.2, 0.25) is 0 Å². The summed E-state index contributed by atoms with van der Waals surface area (Å²) in [7, 11) is 0. The van der Waals surface area contributed by atoms with Crippen LogP contribution >= 0.6 is 0 Å². The van der Waals surface area contributed by atoms with Gasteiger partial charge in [-0.1, -0.05) is 0 Å². The van der Waals surface area contributed by atoms with Gasteiger partial charge in [0.25, 0.3) is 0 Å². The molecule has 0 saturated carbocycles. The van der Waals surface area contributed by atoms with E-state index in [0.29, 0.717) is 5.56 Å². The van der Waals surface area contributed by atoms with E-state index in [1.807, 2.05) is 0 Å². The minimum Gasteiger partial charge on any atom is -0.507 e. The highest BCUT2D eigenvalue weighted by molar-refractivity contribution is 5.94. The molecular formula is C8H5FO3. The monoisotopic (exact) mass is 168 g/mol. The molecule has 0 unspecified atom stereocenters. The molecule has 0 bridgehead atoms. The molecule has 0 aromatic heterocycles. The predicted molar refractivity (Wildman–Crippen MR) is 37.2 cm³/mol. The van der Waals surface area contributed by atoms with E-state index in [4.69, 9.17) is 5.11 Å². The van der Waals surface area contributed by atoms with Crippen molar-refractivity contribution < 1.29 is 19.0 Å². The Kier molecular flexibility index (Phi) is 1.30. The first-order chi connectivity index (χ1) is 5.68. The van der Waals surface area contributed by atoms with Crippen molar-refractivity contribution in [1.82, 2.24) is 0 Å². The van der Waals surface area contributed by atoms with Gasteiger partial charge >= 0.3 is 5.97 Å². The lowest BCUT2D eigenvalue weighted by Gasteiger charge is -1.97. The van der Waals surface area contributed by atoms with E-state index in [0.717, 1.165) is 12.1 Å². The Labute approximate surface area is 67.4 Å². The Morgan fingerprint density at radius 1 is 1.50 bits per heavy atom. The Morgan fingerprint density at radius 2 is 2.25 bits per heavy atom. The van der Waals surface area contributed by atoms with E-state index >= 15 is 0 Å². The Bertz CT molecular complexity index is 360. The summed E-state index contributed by atoms with van der Waals surface area (Å²) in [6.07, 6.45) is 0. The Balaban J connectivity index is 2.68. The molecule has 62 valence electrons. The zero-order valence-electron chi connectivity index (χ0n) is 6.00. The number of cyclic esters (lactones) is 1. The number of aromatic hydroxyl groups is 1. The third kappa shape index (κ3) is 0.845. The first-order valence-corrected chi connectivity index (χ1v) is 3.37. The number of hydrogen-bond donors (Lipinski definition) is 1. The summed E-state index contributed by atoms with van der Waals surface area (Å²) in [5.74, 6) is -1.44. The van der Waals surface area contributed by atoms with Gasteiger partial charge in [0, 0.05) is 11.6 Å². The second-order valence-electron chi connectivity index (χ2n) is 2.53. The number of carbonyl (C=O) groups is 1. The smallest absolute Gasteiger partial charge is 0.339 e.